The van der Waals surface area contributed by atoms with Gasteiger partial charge >= 0.3 is 0 Å². The summed E-state index contributed by atoms with van der Waals surface area (Å²) in [5, 5.41) is 4.11. The van der Waals surface area contributed by atoms with E-state index in [1.165, 1.54) is 0 Å². The lowest BCUT2D eigenvalue weighted by atomic mass is 10.2. The van der Waals surface area contributed by atoms with Gasteiger partial charge in [-0.1, -0.05) is 13.8 Å². The number of nitrogens with zero attached hydrogens (tertiary/aromatic N) is 1. The molecule has 13 heavy (non-hydrogen) atoms. The second-order valence-electron chi connectivity index (χ2n) is 3.24. The summed E-state index contributed by atoms with van der Waals surface area (Å²) >= 11 is 1.67. The van der Waals surface area contributed by atoms with Crippen LogP contribution in [-0.2, 0) is 0 Å². The van der Waals surface area contributed by atoms with E-state index in [-0.39, 0.29) is 0 Å². The number of hydrogen-bond acceptors (Lipinski definition) is 3. The minimum Gasteiger partial charge on any atom is -0.448 e. The molecule has 0 atom stereocenters. The molecule has 0 aromatic carbocycles. The molecule has 0 amide bonds. The van der Waals surface area contributed by atoms with Crippen molar-refractivity contribution in [3.63, 3.8) is 0 Å². The lowest BCUT2D eigenvalue weighted by Crippen LogP contribution is -1.85. The van der Waals surface area contributed by atoms with Crippen molar-refractivity contribution in [2.45, 2.75) is 19.8 Å². The number of hydrogen-bond donors (Lipinski definition) is 0. The number of rotatable bonds is 2. The Morgan fingerprint density at radius 3 is 2.85 bits per heavy atom. The van der Waals surface area contributed by atoms with E-state index in [9.17, 15) is 0 Å². The molecular weight excluding hydrogens is 182 g/mol. The molecule has 2 aromatic rings. The maximum Gasteiger partial charge on any atom is 0.197 e. The highest BCUT2D eigenvalue weighted by Gasteiger charge is 2.08. The first-order valence-electron chi connectivity index (χ1n) is 4.25. The summed E-state index contributed by atoms with van der Waals surface area (Å²) in [6, 6.07) is 2.05. The molecule has 2 nitrogen and oxygen atoms in total. The molecule has 0 unspecified atom stereocenters. The predicted octanol–water partition coefficient (Wildman–Crippen LogP) is 3.53. The van der Waals surface area contributed by atoms with Gasteiger partial charge in [-0.3, -0.25) is 0 Å². The minimum absolute atomic E-state index is 0.354. The molecule has 0 aliphatic rings. The zero-order chi connectivity index (χ0) is 9.26. The maximum atomic E-state index is 5.34. The second-order valence-corrected chi connectivity index (χ2v) is 4.02. The largest absolute Gasteiger partial charge is 0.448 e. The van der Waals surface area contributed by atoms with Crippen LogP contribution < -0.4 is 0 Å². The van der Waals surface area contributed by atoms with Crippen molar-refractivity contribution in [3.8, 4) is 11.3 Å². The van der Waals surface area contributed by atoms with E-state index in [0.29, 0.717) is 5.92 Å². The molecule has 0 aliphatic heterocycles. The highest BCUT2D eigenvalue weighted by Crippen LogP contribution is 2.23. The van der Waals surface area contributed by atoms with Crippen LogP contribution in [0.25, 0.3) is 11.3 Å². The predicted molar refractivity (Wildman–Crippen MR) is 53.9 cm³/mol. The van der Waals surface area contributed by atoms with Gasteiger partial charge in [0.2, 0.25) is 0 Å². The van der Waals surface area contributed by atoms with Crippen molar-refractivity contribution < 1.29 is 4.42 Å². The van der Waals surface area contributed by atoms with Gasteiger partial charge in [0.05, 0.1) is 0 Å². The summed E-state index contributed by atoms with van der Waals surface area (Å²) in [6.07, 6.45) is 1.72. The van der Waals surface area contributed by atoms with Gasteiger partial charge in [0, 0.05) is 16.9 Å². The van der Waals surface area contributed by atoms with E-state index >= 15 is 0 Å². The monoisotopic (exact) mass is 193 g/mol. The molecule has 68 valence electrons. The number of thiophene rings is 1. The van der Waals surface area contributed by atoms with Gasteiger partial charge in [-0.2, -0.15) is 11.3 Å². The van der Waals surface area contributed by atoms with Crippen LogP contribution in [0.5, 0.6) is 0 Å². The molecule has 0 spiro atoms. The molecule has 0 saturated heterocycles. The van der Waals surface area contributed by atoms with Crippen LogP contribution in [0.4, 0.5) is 0 Å². The zero-order valence-corrected chi connectivity index (χ0v) is 8.47. The van der Waals surface area contributed by atoms with Gasteiger partial charge in [0.1, 0.15) is 12.0 Å². The summed E-state index contributed by atoms with van der Waals surface area (Å²) in [7, 11) is 0. The van der Waals surface area contributed by atoms with Crippen molar-refractivity contribution in [3.05, 3.63) is 29.0 Å². The van der Waals surface area contributed by atoms with E-state index < -0.39 is 0 Å². The van der Waals surface area contributed by atoms with Crippen molar-refractivity contribution in [2.24, 2.45) is 0 Å². The fourth-order valence-corrected chi connectivity index (χ4v) is 1.75. The van der Waals surface area contributed by atoms with E-state index in [1.807, 2.05) is 11.4 Å². The van der Waals surface area contributed by atoms with Crippen LogP contribution >= 0.6 is 11.3 Å². The molecule has 2 rings (SSSR count). The maximum absolute atomic E-state index is 5.34. The van der Waals surface area contributed by atoms with Crippen LogP contribution in [0, 0.1) is 0 Å². The van der Waals surface area contributed by atoms with E-state index in [4.69, 9.17) is 4.42 Å². The molecule has 0 N–H and O–H groups in total. The molecule has 0 fully saturated rings. The van der Waals surface area contributed by atoms with Gasteiger partial charge < -0.3 is 4.42 Å². The van der Waals surface area contributed by atoms with Gasteiger partial charge in [0.25, 0.3) is 0 Å². The molecule has 0 bridgehead atoms. The zero-order valence-electron chi connectivity index (χ0n) is 7.65. The summed E-state index contributed by atoms with van der Waals surface area (Å²) in [5.74, 6) is 1.16. The molecule has 0 radical (unpaired) electrons. The van der Waals surface area contributed by atoms with Crippen LogP contribution in [0.15, 0.2) is 27.5 Å². The number of aromatic nitrogens is 1. The van der Waals surface area contributed by atoms with Crippen LogP contribution in [0.1, 0.15) is 25.7 Å². The third-order valence-corrected chi connectivity index (χ3v) is 2.52. The Morgan fingerprint density at radius 1 is 1.46 bits per heavy atom. The molecule has 2 heterocycles. The summed E-state index contributed by atoms with van der Waals surface area (Å²) in [6.45, 7) is 4.15. The Kier molecular flexibility index (Phi) is 2.19. The van der Waals surface area contributed by atoms with Crippen molar-refractivity contribution in [1.82, 2.24) is 4.98 Å². The van der Waals surface area contributed by atoms with Crippen molar-refractivity contribution in [1.29, 1.82) is 0 Å². The van der Waals surface area contributed by atoms with Crippen LogP contribution in [0.2, 0.25) is 0 Å². The average Bonchev–Trinajstić information content (AvgIpc) is 2.75. The van der Waals surface area contributed by atoms with Crippen molar-refractivity contribution >= 4 is 11.3 Å². The standard InChI is InChI=1S/C10H11NOS/c1-7(2)10-11-9(5-12-10)8-3-4-13-6-8/h3-7H,1-2H3. The van der Waals surface area contributed by atoms with E-state index in [1.54, 1.807) is 17.6 Å². The van der Waals surface area contributed by atoms with Crippen LogP contribution in [-0.4, -0.2) is 4.98 Å². The minimum atomic E-state index is 0.354. The highest BCUT2D eigenvalue weighted by molar-refractivity contribution is 7.08. The summed E-state index contributed by atoms with van der Waals surface area (Å²) < 4.78 is 5.34. The van der Waals surface area contributed by atoms with Gasteiger partial charge in [-0.15, -0.1) is 0 Å². The number of oxazole rings is 1. The normalized spacial score (nSPS) is 11.0. The lowest BCUT2D eigenvalue weighted by molar-refractivity contribution is 0.471. The Bertz CT molecular complexity index is 375. The molecule has 0 saturated carbocycles. The highest BCUT2D eigenvalue weighted by atomic mass is 32.1. The third-order valence-electron chi connectivity index (χ3n) is 1.83. The van der Waals surface area contributed by atoms with Gasteiger partial charge in [-0.25, -0.2) is 4.98 Å². The molecular formula is C10H11NOS. The first kappa shape index (κ1) is 8.51. The first-order chi connectivity index (χ1) is 6.27. The Labute approximate surface area is 81.2 Å². The smallest absolute Gasteiger partial charge is 0.197 e. The Morgan fingerprint density at radius 2 is 2.31 bits per heavy atom. The summed E-state index contributed by atoms with van der Waals surface area (Å²) in [4.78, 5) is 4.39. The molecule has 3 heteroatoms. The molecule has 0 aliphatic carbocycles. The van der Waals surface area contributed by atoms with Crippen LogP contribution in [0.3, 0.4) is 0 Å². The lowest BCUT2D eigenvalue weighted by Gasteiger charge is -1.94. The molecule has 2 aromatic heterocycles. The van der Waals surface area contributed by atoms with E-state index in [0.717, 1.165) is 17.1 Å². The topological polar surface area (TPSA) is 26.0 Å². The first-order valence-corrected chi connectivity index (χ1v) is 5.19. The Hall–Kier alpha value is -1.09. The fourth-order valence-electron chi connectivity index (χ4n) is 1.10. The Balaban J connectivity index is 2.33. The van der Waals surface area contributed by atoms with Crippen molar-refractivity contribution in [2.75, 3.05) is 0 Å². The summed E-state index contributed by atoms with van der Waals surface area (Å²) in [5.41, 5.74) is 2.07. The SMILES string of the molecule is CC(C)c1nc(-c2ccsc2)co1. The average molecular weight is 193 g/mol. The second kappa shape index (κ2) is 3.34. The van der Waals surface area contributed by atoms with E-state index in [2.05, 4.69) is 24.2 Å². The van der Waals surface area contributed by atoms with Gasteiger partial charge in [0.15, 0.2) is 5.89 Å². The fraction of sp³-hybridized carbons (Fsp3) is 0.300. The third kappa shape index (κ3) is 1.65. The quantitative estimate of drug-likeness (QED) is 0.729. The van der Waals surface area contributed by atoms with Gasteiger partial charge in [-0.05, 0) is 11.4 Å².